The van der Waals surface area contributed by atoms with E-state index >= 15 is 0 Å². The molecular weight excluding hydrogens is 276 g/mol. The number of carbonyl (C=O) groups excluding carboxylic acids is 2. The van der Waals surface area contributed by atoms with Gasteiger partial charge in [0.15, 0.2) is 0 Å². The fourth-order valence-electron chi connectivity index (χ4n) is 2.07. The van der Waals surface area contributed by atoms with Gasteiger partial charge < -0.3 is 5.11 Å². The van der Waals surface area contributed by atoms with Gasteiger partial charge >= 0.3 is 11.7 Å². The molecule has 1 aromatic rings. The highest BCUT2D eigenvalue weighted by atomic mass is 16.3. The molecule has 1 saturated heterocycles. The van der Waals surface area contributed by atoms with Gasteiger partial charge in [-0.05, 0) is 12.2 Å². The van der Waals surface area contributed by atoms with Crippen LogP contribution in [0.25, 0.3) is 6.08 Å². The largest absolute Gasteiger partial charge is 0.493 e. The Morgan fingerprint density at radius 1 is 0.952 bits per heavy atom. The number of urea groups is 1. The quantitative estimate of drug-likeness (QED) is 0.606. The molecular formula is C13H16N4O4. The summed E-state index contributed by atoms with van der Waals surface area (Å²) in [6, 6.07) is -0.408. The molecule has 1 aromatic heterocycles. The van der Waals surface area contributed by atoms with E-state index < -0.39 is 11.9 Å². The van der Waals surface area contributed by atoms with Crippen LogP contribution in [-0.4, -0.2) is 50.1 Å². The number of allylic oxidation sites excluding steroid dienone is 2. The number of imidazole rings is 1. The zero-order valence-electron chi connectivity index (χ0n) is 12.2. The van der Waals surface area contributed by atoms with Gasteiger partial charge in [0, 0.05) is 28.2 Å². The molecule has 0 radical (unpaired) electrons. The predicted molar refractivity (Wildman–Crippen MR) is 75.4 cm³/mol. The Kier molecular flexibility index (Phi) is 3.46. The van der Waals surface area contributed by atoms with Crippen molar-refractivity contribution in [3.8, 4) is 5.88 Å². The molecule has 3 amide bonds. The average molecular weight is 292 g/mol. The number of amides is 3. The molecule has 0 bridgehead atoms. The third kappa shape index (κ3) is 2.14. The second-order valence-corrected chi connectivity index (χ2v) is 4.73. The normalized spacial score (nSPS) is 17.8. The fourth-order valence-corrected chi connectivity index (χ4v) is 2.07. The van der Waals surface area contributed by atoms with Crippen molar-refractivity contribution < 1.29 is 14.7 Å². The monoisotopic (exact) mass is 292 g/mol. The van der Waals surface area contributed by atoms with Crippen molar-refractivity contribution in [3.63, 3.8) is 0 Å². The Balaban J connectivity index is 2.34. The topological polar surface area (TPSA) is 87.8 Å². The molecule has 0 saturated carbocycles. The van der Waals surface area contributed by atoms with Gasteiger partial charge in [0.2, 0.25) is 5.88 Å². The molecule has 0 aliphatic carbocycles. The summed E-state index contributed by atoms with van der Waals surface area (Å²) in [7, 11) is 5.88. The van der Waals surface area contributed by atoms with E-state index in [2.05, 4.69) is 0 Å². The van der Waals surface area contributed by atoms with E-state index in [1.165, 1.54) is 55.9 Å². The lowest BCUT2D eigenvalue weighted by Gasteiger charge is -2.06. The third-order valence-electron chi connectivity index (χ3n) is 3.45. The molecule has 1 fully saturated rings. The van der Waals surface area contributed by atoms with E-state index in [0.29, 0.717) is 5.69 Å². The summed E-state index contributed by atoms with van der Waals surface area (Å²) >= 11 is 0. The van der Waals surface area contributed by atoms with E-state index in [0.717, 1.165) is 9.47 Å². The Bertz CT molecular complexity index is 738. The summed E-state index contributed by atoms with van der Waals surface area (Å²) in [4.78, 5) is 37.3. The van der Waals surface area contributed by atoms with Crippen molar-refractivity contribution in [2.45, 2.75) is 0 Å². The van der Waals surface area contributed by atoms with E-state index in [1.807, 2.05) is 0 Å². The maximum absolute atomic E-state index is 11.8. The van der Waals surface area contributed by atoms with Gasteiger partial charge in [-0.2, -0.15) is 0 Å². The van der Waals surface area contributed by atoms with Crippen molar-refractivity contribution in [1.82, 2.24) is 18.9 Å². The van der Waals surface area contributed by atoms with Crippen LogP contribution in [0.2, 0.25) is 0 Å². The number of rotatable bonds is 2. The first-order chi connectivity index (χ1) is 9.77. The van der Waals surface area contributed by atoms with E-state index in [-0.39, 0.29) is 17.3 Å². The van der Waals surface area contributed by atoms with Crippen molar-refractivity contribution in [3.05, 3.63) is 34.0 Å². The molecule has 8 nitrogen and oxygen atoms in total. The summed E-state index contributed by atoms with van der Waals surface area (Å²) in [5.74, 6) is -0.574. The number of likely N-dealkylation sites (N-methyl/N-ethyl adjacent to an activating group) is 2. The first-order valence-electron chi connectivity index (χ1n) is 6.16. The van der Waals surface area contributed by atoms with Gasteiger partial charge in [0.1, 0.15) is 11.4 Å². The first kappa shape index (κ1) is 14.6. The Morgan fingerprint density at radius 3 is 2.00 bits per heavy atom. The number of aromatic nitrogens is 2. The second kappa shape index (κ2) is 4.97. The van der Waals surface area contributed by atoms with Crippen molar-refractivity contribution in [1.29, 1.82) is 0 Å². The summed E-state index contributed by atoms with van der Waals surface area (Å²) < 4.78 is 2.39. The first-order valence-corrected chi connectivity index (χ1v) is 6.16. The van der Waals surface area contributed by atoms with Crippen LogP contribution in [0.5, 0.6) is 5.88 Å². The van der Waals surface area contributed by atoms with Gasteiger partial charge in [-0.15, -0.1) is 0 Å². The lowest BCUT2D eigenvalue weighted by molar-refractivity contribution is -0.122. The van der Waals surface area contributed by atoms with Gasteiger partial charge in [-0.3, -0.25) is 23.7 Å². The SMILES string of the molecule is CN1C(=O)/C(=C\C=Cc2c(O)n(C)c(=O)n2C)N(C)C1=O. The highest BCUT2D eigenvalue weighted by Crippen LogP contribution is 2.19. The van der Waals surface area contributed by atoms with E-state index in [9.17, 15) is 19.5 Å². The Labute approximate surface area is 120 Å². The minimum Gasteiger partial charge on any atom is -0.493 e. The van der Waals surface area contributed by atoms with Crippen LogP contribution in [0.3, 0.4) is 0 Å². The van der Waals surface area contributed by atoms with Crippen molar-refractivity contribution in [2.75, 3.05) is 14.1 Å². The third-order valence-corrected chi connectivity index (χ3v) is 3.45. The van der Waals surface area contributed by atoms with Crippen LogP contribution < -0.4 is 5.69 Å². The van der Waals surface area contributed by atoms with Crippen molar-refractivity contribution >= 4 is 18.0 Å². The molecule has 0 aromatic carbocycles. The molecule has 1 N–H and O–H groups in total. The van der Waals surface area contributed by atoms with Gasteiger partial charge in [0.05, 0.1) is 0 Å². The van der Waals surface area contributed by atoms with Crippen LogP contribution in [0, 0.1) is 0 Å². The highest BCUT2D eigenvalue weighted by Gasteiger charge is 2.35. The lowest BCUT2D eigenvalue weighted by atomic mass is 10.3. The lowest BCUT2D eigenvalue weighted by Crippen LogP contribution is -2.27. The van der Waals surface area contributed by atoms with E-state index in [4.69, 9.17) is 0 Å². The fraction of sp³-hybridized carbons (Fsp3) is 0.308. The average Bonchev–Trinajstić information content (AvgIpc) is 2.76. The molecule has 1 aliphatic heterocycles. The van der Waals surface area contributed by atoms with Crippen LogP contribution in [0.1, 0.15) is 5.69 Å². The summed E-state index contributed by atoms with van der Waals surface area (Å²) in [5.41, 5.74) is 0.176. The number of hydrogen-bond acceptors (Lipinski definition) is 4. The molecule has 8 heteroatoms. The van der Waals surface area contributed by atoms with Crippen LogP contribution in [0.4, 0.5) is 4.79 Å². The zero-order valence-corrected chi connectivity index (χ0v) is 12.2. The standard InChI is InChI=1S/C13H16N4O4/c1-14-8(10(18)16(3)12(14)20)6-5-7-9-11(19)17(4)13(21)15(9)2/h5-7,18H,1-4H3/b6-5?,9-7+. The number of aromatic hydroxyl groups is 1. The van der Waals surface area contributed by atoms with Crippen LogP contribution in [0.15, 0.2) is 22.6 Å². The van der Waals surface area contributed by atoms with Gasteiger partial charge in [-0.25, -0.2) is 9.59 Å². The molecule has 0 atom stereocenters. The smallest absolute Gasteiger partial charge is 0.331 e. The molecule has 21 heavy (non-hydrogen) atoms. The second-order valence-electron chi connectivity index (χ2n) is 4.73. The minimum atomic E-state index is -0.408. The number of carbonyl (C=O) groups is 2. The maximum atomic E-state index is 11.8. The summed E-state index contributed by atoms with van der Waals surface area (Å²) in [6.45, 7) is 0. The molecule has 1 aliphatic rings. The zero-order chi connectivity index (χ0) is 15.9. The molecule has 0 unspecified atom stereocenters. The highest BCUT2D eigenvalue weighted by molar-refractivity contribution is 6.11. The van der Waals surface area contributed by atoms with Crippen molar-refractivity contribution in [2.24, 2.45) is 14.1 Å². The van der Waals surface area contributed by atoms with E-state index in [1.54, 1.807) is 0 Å². The number of nitrogens with zero attached hydrogens (tertiary/aromatic N) is 4. The summed E-state index contributed by atoms with van der Waals surface area (Å²) in [5, 5.41) is 9.81. The molecule has 0 spiro atoms. The maximum Gasteiger partial charge on any atom is 0.331 e. The van der Waals surface area contributed by atoms with Crippen LogP contribution >= 0.6 is 0 Å². The summed E-state index contributed by atoms with van der Waals surface area (Å²) in [6.07, 6.45) is 4.46. The van der Waals surface area contributed by atoms with Gasteiger partial charge in [0.25, 0.3) is 5.91 Å². The molecule has 2 rings (SSSR count). The number of imide groups is 1. The minimum absolute atomic E-state index is 0.170. The Hall–Kier alpha value is -2.77. The predicted octanol–water partition coefficient (Wildman–Crippen LogP) is -0.150. The van der Waals surface area contributed by atoms with Crippen LogP contribution in [-0.2, 0) is 18.9 Å². The molecule has 112 valence electrons. The number of hydrogen-bond donors (Lipinski definition) is 1. The van der Waals surface area contributed by atoms with Gasteiger partial charge in [-0.1, -0.05) is 6.08 Å². The Morgan fingerprint density at radius 2 is 1.57 bits per heavy atom. The molecule has 2 heterocycles.